The number of hydrogen-bond acceptors (Lipinski definition) is 4. The summed E-state index contributed by atoms with van der Waals surface area (Å²) < 4.78 is 32.6. The van der Waals surface area contributed by atoms with Crippen LogP contribution in [0, 0.1) is 6.92 Å². The van der Waals surface area contributed by atoms with Crippen molar-refractivity contribution in [3.63, 3.8) is 0 Å². The van der Waals surface area contributed by atoms with Gasteiger partial charge in [-0.05, 0) is 24.6 Å². The van der Waals surface area contributed by atoms with E-state index >= 15 is 0 Å². The van der Waals surface area contributed by atoms with Gasteiger partial charge in [0.1, 0.15) is 6.42 Å². The Labute approximate surface area is 155 Å². The molecule has 0 aromatic heterocycles. The lowest BCUT2D eigenvalue weighted by molar-refractivity contribution is 0.352. The minimum atomic E-state index is -3.52. The molecule has 0 amide bonds. The molecule has 5 nitrogen and oxygen atoms in total. The molecule has 0 bridgehead atoms. The number of nitrogens with one attached hydrogen (secondary N) is 2. The van der Waals surface area contributed by atoms with Crippen LogP contribution in [-0.4, -0.2) is 28.2 Å². The van der Waals surface area contributed by atoms with Crippen LogP contribution in [0.2, 0.25) is 0 Å². The minimum absolute atomic E-state index is 0.176. The lowest BCUT2D eigenvalue weighted by atomic mass is 10.2. The number of benzene rings is 2. The van der Waals surface area contributed by atoms with E-state index in [9.17, 15) is 8.42 Å². The van der Waals surface area contributed by atoms with Gasteiger partial charge in [-0.3, -0.25) is 5.09 Å². The first-order valence-corrected chi connectivity index (χ1v) is 12.5. The Balaban J connectivity index is 1.77. The SMILES string of the molecule is Cc1ccc(S(=O)(=O)NCCOP(C)(=S)NCc2ccccc2)cc1. The maximum atomic E-state index is 12.2. The standard InChI is InChI=1S/C17H23N2O3PS2/c1-15-8-10-17(11-9-15)25(20,21)19-12-13-22-23(2,24)18-14-16-6-4-3-5-7-16/h3-11,19H,12-14H2,1-2H3,(H,18,24). The molecule has 0 radical (unpaired) electrons. The first-order valence-electron chi connectivity index (χ1n) is 7.86. The molecule has 0 heterocycles. The molecule has 0 aliphatic rings. The van der Waals surface area contributed by atoms with Crippen LogP contribution in [0.1, 0.15) is 11.1 Å². The van der Waals surface area contributed by atoms with Crippen molar-refractivity contribution in [1.82, 2.24) is 9.81 Å². The molecule has 2 aromatic rings. The molecule has 1 unspecified atom stereocenters. The van der Waals surface area contributed by atoms with E-state index in [2.05, 4.69) is 9.81 Å². The van der Waals surface area contributed by atoms with Gasteiger partial charge in [0.15, 0.2) is 0 Å². The minimum Gasteiger partial charge on any atom is -0.337 e. The second kappa shape index (κ2) is 9.03. The van der Waals surface area contributed by atoms with Crippen molar-refractivity contribution in [2.75, 3.05) is 19.8 Å². The smallest absolute Gasteiger partial charge is 0.240 e. The molecule has 0 saturated heterocycles. The van der Waals surface area contributed by atoms with Crippen molar-refractivity contribution in [2.24, 2.45) is 0 Å². The molecule has 1 atom stereocenters. The fourth-order valence-corrected chi connectivity index (χ4v) is 4.50. The van der Waals surface area contributed by atoms with Gasteiger partial charge in [-0.2, -0.15) is 0 Å². The lowest BCUT2D eigenvalue weighted by Crippen LogP contribution is -2.27. The molecule has 2 N–H and O–H groups in total. The van der Waals surface area contributed by atoms with E-state index in [1.807, 2.05) is 43.9 Å². The molecule has 0 aliphatic heterocycles. The van der Waals surface area contributed by atoms with Crippen LogP contribution in [0.15, 0.2) is 59.5 Å². The predicted molar refractivity (Wildman–Crippen MR) is 106 cm³/mol. The second-order valence-electron chi connectivity index (χ2n) is 5.71. The topological polar surface area (TPSA) is 67.4 Å². The molecule has 0 aliphatic carbocycles. The molecule has 136 valence electrons. The third kappa shape index (κ3) is 6.98. The van der Waals surface area contributed by atoms with Gasteiger partial charge in [0.2, 0.25) is 10.0 Å². The van der Waals surface area contributed by atoms with Gasteiger partial charge in [-0.1, -0.05) is 59.8 Å². The summed E-state index contributed by atoms with van der Waals surface area (Å²) in [5.74, 6) is 0. The van der Waals surface area contributed by atoms with Gasteiger partial charge >= 0.3 is 0 Å². The molecule has 2 rings (SSSR count). The van der Waals surface area contributed by atoms with Crippen molar-refractivity contribution >= 4 is 28.2 Å². The molecule has 2 aromatic carbocycles. The highest BCUT2D eigenvalue weighted by atomic mass is 32.4. The number of sulfonamides is 1. The highest BCUT2D eigenvalue weighted by molar-refractivity contribution is 8.10. The zero-order valence-electron chi connectivity index (χ0n) is 14.3. The molecule has 0 saturated carbocycles. The Morgan fingerprint density at radius 1 is 1.08 bits per heavy atom. The Bertz CT molecular complexity index is 825. The summed E-state index contributed by atoms with van der Waals surface area (Å²) >= 11 is 5.46. The summed E-state index contributed by atoms with van der Waals surface area (Å²) in [6, 6.07) is 16.6. The normalized spacial score (nSPS) is 14.2. The van der Waals surface area contributed by atoms with E-state index in [4.69, 9.17) is 16.3 Å². The fraction of sp³-hybridized carbons (Fsp3) is 0.294. The van der Waals surface area contributed by atoms with Crippen LogP contribution >= 0.6 is 6.42 Å². The van der Waals surface area contributed by atoms with Crippen molar-refractivity contribution in [3.05, 3.63) is 65.7 Å². The van der Waals surface area contributed by atoms with E-state index in [-0.39, 0.29) is 18.0 Å². The molecular formula is C17H23N2O3PS2. The van der Waals surface area contributed by atoms with Crippen LogP contribution < -0.4 is 9.81 Å². The van der Waals surface area contributed by atoms with Gasteiger partial charge < -0.3 is 4.52 Å². The average Bonchev–Trinajstić information content (AvgIpc) is 2.58. The quantitative estimate of drug-likeness (QED) is 0.502. The van der Waals surface area contributed by atoms with Crippen LogP contribution in [0.25, 0.3) is 0 Å². The van der Waals surface area contributed by atoms with Gasteiger partial charge in [0, 0.05) is 19.8 Å². The highest BCUT2D eigenvalue weighted by Crippen LogP contribution is 2.37. The van der Waals surface area contributed by atoms with Crippen LogP contribution in [0.4, 0.5) is 0 Å². The maximum absolute atomic E-state index is 12.2. The molecule has 25 heavy (non-hydrogen) atoms. The number of aryl methyl sites for hydroxylation is 1. The Kier molecular flexibility index (Phi) is 7.31. The van der Waals surface area contributed by atoms with Crippen molar-refractivity contribution in [3.8, 4) is 0 Å². The molecule has 8 heteroatoms. The van der Waals surface area contributed by atoms with Crippen molar-refractivity contribution < 1.29 is 12.9 Å². The third-order valence-corrected chi connectivity index (χ3v) is 7.06. The summed E-state index contributed by atoms with van der Waals surface area (Å²) in [4.78, 5) is 0.247. The average molecular weight is 398 g/mol. The molecule has 0 spiro atoms. The fourth-order valence-electron chi connectivity index (χ4n) is 2.07. The predicted octanol–water partition coefficient (Wildman–Crippen LogP) is 3.02. The van der Waals surface area contributed by atoms with Gasteiger partial charge in [0.25, 0.3) is 0 Å². The largest absolute Gasteiger partial charge is 0.337 e. The summed E-state index contributed by atoms with van der Waals surface area (Å²) in [7, 11) is -3.52. The Morgan fingerprint density at radius 3 is 2.36 bits per heavy atom. The van der Waals surface area contributed by atoms with E-state index < -0.39 is 16.4 Å². The van der Waals surface area contributed by atoms with E-state index in [1.165, 1.54) is 0 Å². The monoisotopic (exact) mass is 398 g/mol. The number of rotatable bonds is 9. The third-order valence-electron chi connectivity index (χ3n) is 3.48. The summed E-state index contributed by atoms with van der Waals surface area (Å²) in [6.45, 7) is 4.79. The molecular weight excluding hydrogens is 375 g/mol. The highest BCUT2D eigenvalue weighted by Gasteiger charge is 2.14. The summed E-state index contributed by atoms with van der Waals surface area (Å²) in [6.07, 6.45) is -2.17. The Hall–Kier alpha value is -1.08. The first-order chi connectivity index (χ1) is 11.8. The van der Waals surface area contributed by atoms with E-state index in [0.717, 1.165) is 11.1 Å². The first kappa shape index (κ1) is 20.2. The van der Waals surface area contributed by atoms with Crippen LogP contribution in [-0.2, 0) is 32.9 Å². The van der Waals surface area contributed by atoms with Gasteiger partial charge in [0.05, 0.1) is 11.5 Å². The van der Waals surface area contributed by atoms with Gasteiger partial charge in [-0.15, -0.1) is 0 Å². The summed E-state index contributed by atoms with van der Waals surface area (Å²) in [5, 5.41) is 3.24. The van der Waals surface area contributed by atoms with E-state index in [1.54, 1.807) is 24.3 Å². The zero-order chi connectivity index (χ0) is 18.3. The zero-order valence-corrected chi connectivity index (χ0v) is 16.8. The van der Waals surface area contributed by atoms with Crippen molar-refractivity contribution in [1.29, 1.82) is 0 Å². The maximum Gasteiger partial charge on any atom is 0.240 e. The van der Waals surface area contributed by atoms with Crippen LogP contribution in [0.5, 0.6) is 0 Å². The molecule has 0 fully saturated rings. The summed E-state index contributed by atoms with van der Waals surface area (Å²) in [5.41, 5.74) is 2.14. The number of hydrogen-bond donors (Lipinski definition) is 2. The van der Waals surface area contributed by atoms with Gasteiger partial charge in [-0.25, -0.2) is 13.1 Å². The van der Waals surface area contributed by atoms with Crippen LogP contribution in [0.3, 0.4) is 0 Å². The van der Waals surface area contributed by atoms with E-state index in [0.29, 0.717) is 6.54 Å². The second-order valence-corrected chi connectivity index (χ2v) is 11.8. The van der Waals surface area contributed by atoms with Crippen molar-refractivity contribution in [2.45, 2.75) is 18.4 Å². The Morgan fingerprint density at radius 2 is 1.72 bits per heavy atom. The lowest BCUT2D eigenvalue weighted by Gasteiger charge is -2.19.